The van der Waals surface area contributed by atoms with E-state index < -0.39 is 59.3 Å². The van der Waals surface area contributed by atoms with Crippen LogP contribution in [0.5, 0.6) is 0 Å². The monoisotopic (exact) mass is 821 g/mol. The normalized spacial score (nSPS) is 20.6. The van der Waals surface area contributed by atoms with Crippen LogP contribution in [0.25, 0.3) is 33.5 Å². The zero-order valence-electron chi connectivity index (χ0n) is 35.2. The highest BCUT2D eigenvalue weighted by atomic mass is 19.1. The van der Waals surface area contributed by atoms with E-state index in [9.17, 15) is 28.0 Å². The van der Waals surface area contributed by atoms with Gasteiger partial charge in [-0.25, -0.2) is 18.2 Å². The molecular weight excluding hydrogens is 764 g/mol. The summed E-state index contributed by atoms with van der Waals surface area (Å²) in [5.74, 6) is -1.81. The van der Waals surface area contributed by atoms with E-state index in [-0.39, 0.29) is 43.3 Å². The summed E-state index contributed by atoms with van der Waals surface area (Å²) in [4.78, 5) is 65.9. The molecule has 2 saturated heterocycles. The Morgan fingerprint density at radius 2 is 1.58 bits per heavy atom. The van der Waals surface area contributed by atoms with Gasteiger partial charge >= 0.3 is 0 Å². The molecule has 6 unspecified atom stereocenters. The molecule has 4 heterocycles. The average molecular weight is 822 g/mol. The summed E-state index contributed by atoms with van der Waals surface area (Å²) in [5, 5.41) is 12.3. The number of benzene rings is 2. The van der Waals surface area contributed by atoms with Crippen molar-refractivity contribution in [3.05, 3.63) is 53.6 Å². The molecule has 0 radical (unpaired) electrons. The number of hydrogen-bond donors (Lipinski definition) is 5. The number of halogens is 3. The molecule has 59 heavy (non-hydrogen) atoms. The number of rotatable bonds is 14. The fraction of sp³-hybridized carbons (Fsp3) is 0.558. The number of carbonyl (C=O) groups excluding carboxylic acids is 4. The maximum Gasteiger partial charge on any atom is 0.246 e. The predicted octanol–water partition coefficient (Wildman–Crippen LogP) is 4.58. The van der Waals surface area contributed by atoms with Crippen molar-refractivity contribution >= 4 is 45.6 Å². The van der Waals surface area contributed by atoms with E-state index in [1.807, 2.05) is 37.2 Å². The highest BCUT2D eigenvalue weighted by molar-refractivity contribution is 5.93. The quantitative estimate of drug-likeness (QED) is 0.125. The third-order valence-corrected chi connectivity index (χ3v) is 12.0. The number of fused-ring (bicyclic) bond motifs is 2. The smallest absolute Gasteiger partial charge is 0.246 e. The molecule has 2 aromatic carbocycles. The number of alkyl halides is 1. The molecule has 0 aliphatic carbocycles. The van der Waals surface area contributed by atoms with Gasteiger partial charge in [0, 0.05) is 42.5 Å². The molecule has 0 spiro atoms. The summed E-state index contributed by atoms with van der Waals surface area (Å²) in [6, 6.07) is 5.02. The minimum Gasteiger partial charge on any atom is -0.352 e. The molecule has 2 aliphatic heterocycles. The van der Waals surface area contributed by atoms with Crippen LogP contribution in [0.4, 0.5) is 13.2 Å². The lowest BCUT2D eigenvalue weighted by Gasteiger charge is -2.36. The molecule has 4 aromatic rings. The van der Waals surface area contributed by atoms with E-state index >= 15 is 4.39 Å². The maximum atomic E-state index is 15.5. The SMILES string of the molecule is CCC(NC(=O)[C@@H](C)NC)C(=O)N1CCCC1Cc1c(-c2nc3cc(F)ccc3n2CC2CC(F)CN2C(=O)C(NC(=O)C(C)NC)C(C)(C)C)[nH]c2cc(F)ccc12. The third kappa shape index (κ3) is 9.13. The minimum atomic E-state index is -1.33. The van der Waals surface area contributed by atoms with Gasteiger partial charge in [-0.15, -0.1) is 0 Å². The zero-order valence-corrected chi connectivity index (χ0v) is 35.2. The van der Waals surface area contributed by atoms with E-state index in [0.717, 1.165) is 17.4 Å². The van der Waals surface area contributed by atoms with Gasteiger partial charge in [-0.2, -0.15) is 0 Å². The van der Waals surface area contributed by atoms with Gasteiger partial charge in [-0.05, 0) is 94.9 Å². The second-order valence-electron chi connectivity index (χ2n) is 17.2. The van der Waals surface area contributed by atoms with Crippen LogP contribution < -0.4 is 21.3 Å². The Bertz CT molecular complexity index is 2200. The van der Waals surface area contributed by atoms with Crippen LogP contribution in [0.15, 0.2) is 36.4 Å². The van der Waals surface area contributed by atoms with Crippen molar-refractivity contribution in [2.75, 3.05) is 27.2 Å². The molecule has 7 atom stereocenters. The Morgan fingerprint density at radius 1 is 0.915 bits per heavy atom. The Kier molecular flexibility index (Phi) is 13.1. The van der Waals surface area contributed by atoms with E-state index in [1.54, 1.807) is 40.1 Å². The Hall–Kier alpha value is -4.96. The van der Waals surface area contributed by atoms with E-state index in [1.165, 1.54) is 29.2 Å². The standard InChI is InChI=1S/C43H58F3N9O4/c1-9-32(51-39(56)23(2)47-7)41(58)53-16-10-11-28(53)20-31-30-14-12-25(44)18-33(30)49-36(31)38-50-34-19-26(45)13-15-35(34)55(38)22-29-17-27(46)21-54(29)42(59)37(43(4,5)6)52-40(57)24(3)48-8/h12-15,18-19,23-24,27-29,32,37,47-49H,9-11,16-17,20-22H2,1-8H3,(H,51,56)(H,52,57)/t23-,24?,27?,28?,29?,32?,37?/m1/s1. The number of nitrogens with zero attached hydrogens (tertiary/aromatic N) is 4. The number of imidazole rings is 1. The lowest BCUT2D eigenvalue weighted by molar-refractivity contribution is -0.140. The first kappa shape index (κ1) is 43.6. The Balaban J connectivity index is 1.40. The molecule has 2 fully saturated rings. The summed E-state index contributed by atoms with van der Waals surface area (Å²) < 4.78 is 47.0. The fourth-order valence-electron chi connectivity index (χ4n) is 8.38. The van der Waals surface area contributed by atoms with Crippen molar-refractivity contribution in [3.8, 4) is 11.5 Å². The number of likely N-dealkylation sites (N-methyl/N-ethyl adjacent to an activating group) is 2. The molecule has 320 valence electrons. The molecular formula is C43H58F3N9O4. The van der Waals surface area contributed by atoms with Crippen LogP contribution in [0, 0.1) is 17.0 Å². The van der Waals surface area contributed by atoms with Crippen LogP contribution in [0.1, 0.15) is 72.8 Å². The number of aromatic amines is 1. The summed E-state index contributed by atoms with van der Waals surface area (Å²) in [5.41, 5.74) is 1.96. The molecule has 5 N–H and O–H groups in total. The van der Waals surface area contributed by atoms with Gasteiger partial charge in [-0.1, -0.05) is 27.7 Å². The number of H-pyrrole nitrogens is 1. The maximum absolute atomic E-state index is 15.5. The van der Waals surface area contributed by atoms with Gasteiger partial charge in [-0.3, -0.25) is 19.2 Å². The average Bonchev–Trinajstić information content (AvgIpc) is 3.98. The Labute approximate surface area is 343 Å². The summed E-state index contributed by atoms with van der Waals surface area (Å²) in [6.45, 7) is 11.2. The molecule has 2 aromatic heterocycles. The fourth-order valence-corrected chi connectivity index (χ4v) is 8.38. The minimum absolute atomic E-state index is 0.0237. The molecule has 16 heteroatoms. The van der Waals surface area contributed by atoms with Crippen molar-refractivity contribution in [1.29, 1.82) is 0 Å². The lowest BCUT2D eigenvalue weighted by Crippen LogP contribution is -2.58. The molecule has 13 nitrogen and oxygen atoms in total. The highest BCUT2D eigenvalue weighted by Crippen LogP contribution is 2.37. The second-order valence-corrected chi connectivity index (χ2v) is 17.2. The molecule has 4 amide bonds. The largest absolute Gasteiger partial charge is 0.352 e. The first-order chi connectivity index (χ1) is 27.9. The molecule has 6 rings (SSSR count). The van der Waals surface area contributed by atoms with Crippen LogP contribution >= 0.6 is 0 Å². The highest BCUT2D eigenvalue weighted by Gasteiger charge is 2.43. The number of aromatic nitrogens is 3. The van der Waals surface area contributed by atoms with Crippen LogP contribution in [-0.2, 0) is 32.1 Å². The van der Waals surface area contributed by atoms with Crippen molar-refractivity contribution in [3.63, 3.8) is 0 Å². The van der Waals surface area contributed by atoms with Gasteiger partial charge in [0.15, 0.2) is 5.82 Å². The molecule has 0 bridgehead atoms. The van der Waals surface area contributed by atoms with Gasteiger partial charge in [0.05, 0.1) is 41.4 Å². The van der Waals surface area contributed by atoms with E-state index in [4.69, 9.17) is 4.98 Å². The van der Waals surface area contributed by atoms with Gasteiger partial charge in [0.25, 0.3) is 0 Å². The molecule has 2 aliphatic rings. The number of nitrogens with one attached hydrogen (secondary N) is 5. The molecule has 0 saturated carbocycles. The van der Waals surface area contributed by atoms with Crippen LogP contribution in [0.2, 0.25) is 0 Å². The number of amides is 4. The lowest BCUT2D eigenvalue weighted by atomic mass is 9.85. The number of hydrogen-bond acceptors (Lipinski definition) is 7. The zero-order chi connectivity index (χ0) is 42.9. The van der Waals surface area contributed by atoms with E-state index in [2.05, 4.69) is 26.3 Å². The first-order valence-corrected chi connectivity index (χ1v) is 20.6. The summed E-state index contributed by atoms with van der Waals surface area (Å²) in [6.07, 6.45) is 0.894. The van der Waals surface area contributed by atoms with Crippen molar-refractivity contribution in [1.82, 2.24) is 45.6 Å². The van der Waals surface area contributed by atoms with Crippen molar-refractivity contribution in [2.45, 2.75) is 123 Å². The van der Waals surface area contributed by atoms with Crippen molar-refractivity contribution in [2.24, 2.45) is 5.41 Å². The van der Waals surface area contributed by atoms with Gasteiger partial charge in [0.1, 0.15) is 29.9 Å². The van der Waals surface area contributed by atoms with Gasteiger partial charge < -0.3 is 40.6 Å². The second kappa shape index (κ2) is 17.7. The van der Waals surface area contributed by atoms with Crippen LogP contribution in [-0.4, -0.2) is 118 Å². The van der Waals surface area contributed by atoms with E-state index in [0.29, 0.717) is 53.9 Å². The number of likely N-dealkylation sites (tertiary alicyclic amines) is 2. The third-order valence-electron chi connectivity index (χ3n) is 12.0. The van der Waals surface area contributed by atoms with Crippen molar-refractivity contribution < 1.29 is 32.3 Å². The van der Waals surface area contributed by atoms with Gasteiger partial charge in [0.2, 0.25) is 23.6 Å². The summed E-state index contributed by atoms with van der Waals surface area (Å²) in [7, 11) is 3.33. The summed E-state index contributed by atoms with van der Waals surface area (Å²) >= 11 is 0. The van der Waals surface area contributed by atoms with Crippen LogP contribution in [0.3, 0.4) is 0 Å². The Morgan fingerprint density at radius 3 is 2.24 bits per heavy atom. The number of carbonyl (C=O) groups is 4. The first-order valence-electron chi connectivity index (χ1n) is 20.6. The topological polar surface area (TPSA) is 156 Å². The predicted molar refractivity (Wildman–Crippen MR) is 221 cm³/mol.